The zero-order valence-electron chi connectivity index (χ0n) is 13.0. The summed E-state index contributed by atoms with van der Waals surface area (Å²) in [6, 6.07) is 12.8. The van der Waals surface area contributed by atoms with E-state index in [1.54, 1.807) is 42.5 Å². The number of thioether (sulfide) groups is 1. The Morgan fingerprint density at radius 1 is 1.32 bits per heavy atom. The number of carbonyl (C=O) groups excluding carboxylic acids is 1. The van der Waals surface area contributed by atoms with Crippen molar-refractivity contribution in [1.29, 1.82) is 5.41 Å². The van der Waals surface area contributed by atoms with Crippen LogP contribution >= 0.6 is 11.8 Å². The Kier molecular flexibility index (Phi) is 5.16. The standard InChI is InChI=1S/C18H15FN2O3S/c19-13-3-1-2-12(9-13)15(20)10-24-14-6-4-11(5-7-14)8-16-17(22)21-18(23)25-16/h1-9,17,20,22H,10H2,(H,21,23)/b16-8-,20-15?. The maximum Gasteiger partial charge on any atom is 0.285 e. The maximum absolute atomic E-state index is 13.2. The number of halogens is 1. The van der Waals surface area contributed by atoms with Gasteiger partial charge in [-0.05, 0) is 47.7 Å². The molecular weight excluding hydrogens is 343 g/mol. The fraction of sp³-hybridized carbons (Fsp3) is 0.111. The molecule has 2 aromatic carbocycles. The lowest BCUT2D eigenvalue weighted by atomic mass is 10.1. The molecule has 3 rings (SSSR count). The smallest absolute Gasteiger partial charge is 0.285 e. The van der Waals surface area contributed by atoms with E-state index in [-0.39, 0.29) is 23.4 Å². The average Bonchev–Trinajstić information content (AvgIpc) is 2.91. The molecule has 0 aromatic heterocycles. The first kappa shape index (κ1) is 17.2. The fourth-order valence-electron chi connectivity index (χ4n) is 2.22. The van der Waals surface area contributed by atoms with Gasteiger partial charge in [0.1, 0.15) is 18.2 Å². The molecule has 1 heterocycles. The molecule has 1 amide bonds. The van der Waals surface area contributed by atoms with Gasteiger partial charge in [0.05, 0.1) is 5.71 Å². The Labute approximate surface area is 148 Å². The van der Waals surface area contributed by atoms with Gasteiger partial charge < -0.3 is 20.6 Å². The van der Waals surface area contributed by atoms with E-state index in [2.05, 4.69) is 5.32 Å². The highest BCUT2D eigenvalue weighted by Gasteiger charge is 2.25. The number of aliphatic hydroxyl groups is 1. The van der Waals surface area contributed by atoms with E-state index >= 15 is 0 Å². The first-order valence-corrected chi connectivity index (χ1v) is 8.27. The van der Waals surface area contributed by atoms with Crippen LogP contribution in [0.3, 0.4) is 0 Å². The Bertz CT molecular complexity index is 836. The summed E-state index contributed by atoms with van der Waals surface area (Å²) < 4.78 is 18.7. The summed E-state index contributed by atoms with van der Waals surface area (Å²) in [4.78, 5) is 11.7. The number of benzene rings is 2. The van der Waals surface area contributed by atoms with E-state index in [9.17, 15) is 14.3 Å². The van der Waals surface area contributed by atoms with Crippen LogP contribution < -0.4 is 10.1 Å². The lowest BCUT2D eigenvalue weighted by Gasteiger charge is -2.08. The van der Waals surface area contributed by atoms with E-state index in [0.717, 1.165) is 17.3 Å². The largest absolute Gasteiger partial charge is 0.487 e. The second-order valence-corrected chi connectivity index (χ2v) is 6.38. The van der Waals surface area contributed by atoms with Crippen LogP contribution in [0.25, 0.3) is 6.08 Å². The van der Waals surface area contributed by atoms with Gasteiger partial charge in [0, 0.05) is 10.5 Å². The average molecular weight is 358 g/mol. The van der Waals surface area contributed by atoms with Crippen LogP contribution in [-0.2, 0) is 0 Å². The van der Waals surface area contributed by atoms with Crippen LogP contribution in [0.1, 0.15) is 11.1 Å². The Balaban J connectivity index is 1.60. The second-order valence-electron chi connectivity index (χ2n) is 5.33. The Morgan fingerprint density at radius 2 is 2.08 bits per heavy atom. The number of aliphatic hydroxyl groups excluding tert-OH is 1. The van der Waals surface area contributed by atoms with Crippen molar-refractivity contribution in [1.82, 2.24) is 5.32 Å². The summed E-state index contributed by atoms with van der Waals surface area (Å²) in [5, 5.41) is 19.7. The molecule has 3 N–H and O–H groups in total. The van der Waals surface area contributed by atoms with Crippen LogP contribution in [0.15, 0.2) is 53.4 Å². The van der Waals surface area contributed by atoms with Crippen LogP contribution in [0.2, 0.25) is 0 Å². The molecule has 128 valence electrons. The summed E-state index contributed by atoms with van der Waals surface area (Å²) in [6.07, 6.45) is 0.742. The summed E-state index contributed by atoms with van der Waals surface area (Å²) in [5.74, 6) is 0.178. The highest BCUT2D eigenvalue weighted by atomic mass is 32.2. The molecule has 2 aromatic rings. The molecule has 7 heteroatoms. The van der Waals surface area contributed by atoms with Crippen molar-refractivity contribution in [2.75, 3.05) is 6.61 Å². The van der Waals surface area contributed by atoms with Gasteiger partial charge in [0.25, 0.3) is 5.24 Å². The summed E-state index contributed by atoms with van der Waals surface area (Å²) >= 11 is 0.957. The van der Waals surface area contributed by atoms with Gasteiger partial charge in [-0.25, -0.2) is 4.39 Å². The molecule has 1 aliphatic heterocycles. The van der Waals surface area contributed by atoms with Gasteiger partial charge in [0.2, 0.25) is 0 Å². The quantitative estimate of drug-likeness (QED) is 0.716. The number of ether oxygens (including phenoxy) is 1. The third kappa shape index (κ3) is 4.46. The molecular formula is C18H15FN2O3S. The number of hydrogen-bond acceptors (Lipinski definition) is 5. The zero-order chi connectivity index (χ0) is 17.8. The van der Waals surface area contributed by atoms with Crippen molar-refractivity contribution in [3.8, 4) is 5.75 Å². The molecule has 1 unspecified atom stereocenters. The molecule has 1 saturated heterocycles. The minimum Gasteiger partial charge on any atom is -0.487 e. The monoisotopic (exact) mass is 358 g/mol. The highest BCUT2D eigenvalue weighted by molar-refractivity contribution is 8.17. The van der Waals surface area contributed by atoms with Crippen molar-refractivity contribution in [2.24, 2.45) is 0 Å². The number of nitrogens with one attached hydrogen (secondary N) is 2. The SMILES string of the molecule is N=C(COc1ccc(/C=C2\SC(=O)NC2O)cc1)c1cccc(F)c1. The van der Waals surface area contributed by atoms with Crippen molar-refractivity contribution >= 4 is 28.8 Å². The highest BCUT2D eigenvalue weighted by Crippen LogP contribution is 2.28. The summed E-state index contributed by atoms with van der Waals surface area (Å²) in [7, 11) is 0. The van der Waals surface area contributed by atoms with Crippen LogP contribution in [0.4, 0.5) is 9.18 Å². The first-order chi connectivity index (χ1) is 12.0. The van der Waals surface area contributed by atoms with Crippen molar-refractivity contribution in [3.05, 3.63) is 70.4 Å². The zero-order valence-corrected chi connectivity index (χ0v) is 13.8. The van der Waals surface area contributed by atoms with Crippen LogP contribution in [0, 0.1) is 11.2 Å². The molecule has 1 atom stereocenters. The number of rotatable bonds is 5. The summed E-state index contributed by atoms with van der Waals surface area (Å²) in [5.41, 5.74) is 1.47. The van der Waals surface area contributed by atoms with Gasteiger partial charge in [-0.1, -0.05) is 24.3 Å². The van der Waals surface area contributed by atoms with Gasteiger partial charge in [-0.15, -0.1) is 0 Å². The van der Waals surface area contributed by atoms with E-state index in [4.69, 9.17) is 10.1 Å². The molecule has 25 heavy (non-hydrogen) atoms. The molecule has 0 radical (unpaired) electrons. The van der Waals surface area contributed by atoms with Gasteiger partial charge in [-0.2, -0.15) is 0 Å². The predicted molar refractivity (Wildman–Crippen MR) is 95.3 cm³/mol. The molecule has 1 aliphatic rings. The minimum absolute atomic E-state index is 0.0247. The normalized spacial score (nSPS) is 18.2. The lowest BCUT2D eigenvalue weighted by molar-refractivity contribution is 0.192. The fourth-order valence-corrected chi connectivity index (χ4v) is 2.97. The van der Waals surface area contributed by atoms with E-state index in [0.29, 0.717) is 16.2 Å². The molecule has 0 spiro atoms. The van der Waals surface area contributed by atoms with E-state index in [1.807, 2.05) is 0 Å². The van der Waals surface area contributed by atoms with Gasteiger partial charge >= 0.3 is 0 Å². The van der Waals surface area contributed by atoms with Crippen molar-refractivity contribution < 1.29 is 19.0 Å². The Hall–Kier alpha value is -2.64. The minimum atomic E-state index is -0.972. The van der Waals surface area contributed by atoms with Gasteiger partial charge in [0.15, 0.2) is 6.23 Å². The van der Waals surface area contributed by atoms with Gasteiger partial charge in [-0.3, -0.25) is 4.79 Å². The van der Waals surface area contributed by atoms with E-state index < -0.39 is 6.23 Å². The summed E-state index contributed by atoms with van der Waals surface area (Å²) in [6.45, 7) is 0.0247. The molecule has 1 fully saturated rings. The topological polar surface area (TPSA) is 82.4 Å². The Morgan fingerprint density at radius 3 is 2.72 bits per heavy atom. The van der Waals surface area contributed by atoms with Crippen molar-refractivity contribution in [3.63, 3.8) is 0 Å². The number of amides is 1. The van der Waals surface area contributed by atoms with Crippen LogP contribution in [-0.4, -0.2) is 28.9 Å². The third-order valence-electron chi connectivity index (χ3n) is 3.48. The first-order valence-electron chi connectivity index (χ1n) is 7.45. The molecule has 5 nitrogen and oxygen atoms in total. The van der Waals surface area contributed by atoms with Crippen LogP contribution in [0.5, 0.6) is 5.75 Å². The molecule has 0 saturated carbocycles. The molecule has 0 bridgehead atoms. The number of carbonyl (C=O) groups is 1. The maximum atomic E-state index is 13.2. The van der Waals surface area contributed by atoms with Crippen molar-refractivity contribution in [2.45, 2.75) is 6.23 Å². The number of hydrogen-bond donors (Lipinski definition) is 3. The lowest BCUT2D eigenvalue weighted by Crippen LogP contribution is -2.24. The third-order valence-corrected chi connectivity index (χ3v) is 4.36. The predicted octanol–water partition coefficient (Wildman–Crippen LogP) is 3.39. The van der Waals surface area contributed by atoms with E-state index in [1.165, 1.54) is 12.1 Å². The second kappa shape index (κ2) is 7.50. The molecule has 0 aliphatic carbocycles.